The van der Waals surface area contributed by atoms with Gasteiger partial charge in [-0.2, -0.15) is 0 Å². The number of rotatable bonds is 3. The molecular weight excluding hydrogens is 252 g/mol. The van der Waals surface area contributed by atoms with Gasteiger partial charge in [0.1, 0.15) is 5.75 Å². The highest BCUT2D eigenvalue weighted by atomic mass is 16.5. The van der Waals surface area contributed by atoms with E-state index in [-0.39, 0.29) is 11.9 Å². The lowest BCUT2D eigenvalue weighted by molar-refractivity contribution is 0.0791. The molecule has 4 heteroatoms. The molecule has 4 nitrogen and oxygen atoms in total. The van der Waals surface area contributed by atoms with Gasteiger partial charge in [0, 0.05) is 24.7 Å². The Bertz CT molecular complexity index is 466. The van der Waals surface area contributed by atoms with Crippen molar-refractivity contribution in [2.45, 2.75) is 44.2 Å². The van der Waals surface area contributed by atoms with Gasteiger partial charge in [-0.1, -0.05) is 0 Å². The Hall–Kier alpha value is -1.55. The first-order chi connectivity index (χ1) is 9.72. The van der Waals surface area contributed by atoms with E-state index < -0.39 is 0 Å². The second-order valence-electron chi connectivity index (χ2n) is 5.85. The first-order valence-electron chi connectivity index (χ1n) is 7.54. The quantitative estimate of drug-likeness (QED) is 0.919. The minimum absolute atomic E-state index is 0.0744. The van der Waals surface area contributed by atoms with Gasteiger partial charge in [0.25, 0.3) is 5.91 Å². The van der Waals surface area contributed by atoms with Crippen LogP contribution in [0.2, 0.25) is 0 Å². The molecule has 1 aromatic rings. The van der Waals surface area contributed by atoms with Crippen LogP contribution in [0.4, 0.5) is 0 Å². The number of benzene rings is 1. The van der Waals surface area contributed by atoms with E-state index in [2.05, 4.69) is 0 Å². The monoisotopic (exact) mass is 274 g/mol. The standard InChI is InChI=1S/C16H22N2O2/c17-13-9-10-18(11-13)16(19)12-5-7-15(8-6-12)20-14-3-1-2-4-14/h5-8,13-14H,1-4,9-11,17H2/t13-/m1/s1. The van der Waals surface area contributed by atoms with Crippen molar-refractivity contribution >= 4 is 5.91 Å². The molecule has 0 radical (unpaired) electrons. The van der Waals surface area contributed by atoms with Crippen LogP contribution in [0.5, 0.6) is 5.75 Å². The van der Waals surface area contributed by atoms with E-state index in [0.717, 1.165) is 37.1 Å². The lowest BCUT2D eigenvalue weighted by Gasteiger charge is -2.17. The molecule has 1 heterocycles. The largest absolute Gasteiger partial charge is 0.490 e. The third kappa shape index (κ3) is 2.96. The molecule has 2 aliphatic rings. The smallest absolute Gasteiger partial charge is 0.253 e. The fraction of sp³-hybridized carbons (Fsp3) is 0.562. The van der Waals surface area contributed by atoms with Gasteiger partial charge in [-0.3, -0.25) is 4.79 Å². The fourth-order valence-corrected chi connectivity index (χ4v) is 3.03. The first kappa shape index (κ1) is 13.4. The first-order valence-corrected chi connectivity index (χ1v) is 7.54. The number of nitrogens with zero attached hydrogens (tertiary/aromatic N) is 1. The number of hydrogen-bond donors (Lipinski definition) is 1. The summed E-state index contributed by atoms with van der Waals surface area (Å²) in [5, 5.41) is 0. The molecule has 2 N–H and O–H groups in total. The average molecular weight is 274 g/mol. The summed E-state index contributed by atoms with van der Waals surface area (Å²) in [7, 11) is 0. The molecule has 1 atom stereocenters. The maximum absolute atomic E-state index is 12.3. The zero-order valence-electron chi connectivity index (χ0n) is 11.8. The van der Waals surface area contributed by atoms with E-state index in [1.807, 2.05) is 29.2 Å². The highest BCUT2D eigenvalue weighted by Crippen LogP contribution is 2.24. The molecule has 20 heavy (non-hydrogen) atoms. The summed E-state index contributed by atoms with van der Waals surface area (Å²) in [5.41, 5.74) is 6.56. The number of hydrogen-bond acceptors (Lipinski definition) is 3. The lowest BCUT2D eigenvalue weighted by Crippen LogP contribution is -2.31. The van der Waals surface area contributed by atoms with Gasteiger partial charge < -0.3 is 15.4 Å². The SMILES string of the molecule is N[C@@H]1CCN(C(=O)c2ccc(OC3CCCC3)cc2)C1. The van der Waals surface area contributed by atoms with E-state index in [0.29, 0.717) is 12.6 Å². The van der Waals surface area contributed by atoms with Gasteiger partial charge in [0.15, 0.2) is 0 Å². The van der Waals surface area contributed by atoms with E-state index in [1.54, 1.807) is 0 Å². The molecule has 1 saturated carbocycles. The van der Waals surface area contributed by atoms with Crippen LogP contribution in [0.15, 0.2) is 24.3 Å². The Balaban J connectivity index is 1.61. The molecule has 1 aromatic carbocycles. The zero-order chi connectivity index (χ0) is 13.9. The second kappa shape index (κ2) is 5.83. The highest BCUT2D eigenvalue weighted by Gasteiger charge is 2.24. The van der Waals surface area contributed by atoms with Crippen LogP contribution < -0.4 is 10.5 Å². The molecule has 0 bridgehead atoms. The summed E-state index contributed by atoms with van der Waals surface area (Å²) in [4.78, 5) is 14.1. The van der Waals surface area contributed by atoms with Crippen LogP contribution in [0.3, 0.4) is 0 Å². The Morgan fingerprint density at radius 1 is 1.15 bits per heavy atom. The summed E-state index contributed by atoms with van der Waals surface area (Å²) in [6, 6.07) is 7.65. The Morgan fingerprint density at radius 2 is 1.85 bits per heavy atom. The topological polar surface area (TPSA) is 55.6 Å². The van der Waals surface area contributed by atoms with Crippen molar-refractivity contribution in [3.05, 3.63) is 29.8 Å². The van der Waals surface area contributed by atoms with Crippen molar-refractivity contribution in [1.82, 2.24) is 4.90 Å². The lowest BCUT2D eigenvalue weighted by atomic mass is 10.2. The van der Waals surface area contributed by atoms with Crippen LogP contribution in [0, 0.1) is 0 Å². The van der Waals surface area contributed by atoms with E-state index >= 15 is 0 Å². The maximum atomic E-state index is 12.3. The molecule has 2 fully saturated rings. The molecule has 1 amide bonds. The highest BCUT2D eigenvalue weighted by molar-refractivity contribution is 5.94. The number of carbonyl (C=O) groups is 1. The third-order valence-corrected chi connectivity index (χ3v) is 4.22. The number of carbonyl (C=O) groups excluding carboxylic acids is 1. The second-order valence-corrected chi connectivity index (χ2v) is 5.85. The molecule has 0 spiro atoms. The van der Waals surface area contributed by atoms with Gasteiger partial charge in [-0.05, 0) is 56.4 Å². The normalized spacial score (nSPS) is 23.2. The molecule has 108 valence electrons. The summed E-state index contributed by atoms with van der Waals surface area (Å²) in [5.74, 6) is 0.942. The molecule has 1 aliphatic carbocycles. The van der Waals surface area contributed by atoms with Crippen LogP contribution in [0.1, 0.15) is 42.5 Å². The minimum atomic E-state index is 0.0744. The zero-order valence-corrected chi connectivity index (χ0v) is 11.8. The van der Waals surface area contributed by atoms with Crippen molar-refractivity contribution < 1.29 is 9.53 Å². The minimum Gasteiger partial charge on any atom is -0.490 e. The van der Waals surface area contributed by atoms with Crippen LogP contribution in [-0.4, -0.2) is 36.0 Å². The Kier molecular flexibility index (Phi) is 3.92. The Labute approximate surface area is 119 Å². The van der Waals surface area contributed by atoms with Crippen LogP contribution in [0.25, 0.3) is 0 Å². The van der Waals surface area contributed by atoms with E-state index in [4.69, 9.17) is 10.5 Å². The maximum Gasteiger partial charge on any atom is 0.253 e. The van der Waals surface area contributed by atoms with Gasteiger partial charge in [-0.25, -0.2) is 0 Å². The summed E-state index contributed by atoms with van der Waals surface area (Å²) >= 11 is 0. The van der Waals surface area contributed by atoms with Crippen LogP contribution >= 0.6 is 0 Å². The molecule has 3 rings (SSSR count). The van der Waals surface area contributed by atoms with Crippen LogP contribution in [-0.2, 0) is 0 Å². The Morgan fingerprint density at radius 3 is 2.45 bits per heavy atom. The molecule has 1 aliphatic heterocycles. The average Bonchev–Trinajstić information content (AvgIpc) is 3.10. The molecule has 1 saturated heterocycles. The van der Waals surface area contributed by atoms with Gasteiger partial charge >= 0.3 is 0 Å². The predicted molar refractivity (Wildman–Crippen MR) is 77.8 cm³/mol. The van der Waals surface area contributed by atoms with Crippen molar-refractivity contribution in [1.29, 1.82) is 0 Å². The summed E-state index contributed by atoms with van der Waals surface area (Å²) in [6.07, 6.45) is 6.06. The van der Waals surface area contributed by atoms with Gasteiger partial charge in [0.05, 0.1) is 6.10 Å². The summed E-state index contributed by atoms with van der Waals surface area (Å²) in [6.45, 7) is 1.43. The fourth-order valence-electron chi connectivity index (χ4n) is 3.03. The number of ether oxygens (including phenoxy) is 1. The number of nitrogens with two attached hydrogens (primary N) is 1. The van der Waals surface area contributed by atoms with Crippen molar-refractivity contribution in [2.24, 2.45) is 5.73 Å². The van der Waals surface area contributed by atoms with Gasteiger partial charge in [-0.15, -0.1) is 0 Å². The van der Waals surface area contributed by atoms with Crippen molar-refractivity contribution in [3.63, 3.8) is 0 Å². The van der Waals surface area contributed by atoms with E-state index in [9.17, 15) is 4.79 Å². The van der Waals surface area contributed by atoms with Gasteiger partial charge in [0.2, 0.25) is 0 Å². The number of likely N-dealkylation sites (tertiary alicyclic amines) is 1. The summed E-state index contributed by atoms with van der Waals surface area (Å²) < 4.78 is 5.91. The third-order valence-electron chi connectivity index (χ3n) is 4.22. The van der Waals surface area contributed by atoms with Crippen molar-refractivity contribution in [2.75, 3.05) is 13.1 Å². The molecule has 0 unspecified atom stereocenters. The number of amides is 1. The van der Waals surface area contributed by atoms with E-state index in [1.165, 1.54) is 12.8 Å². The predicted octanol–water partition coefficient (Wildman–Crippen LogP) is 2.18. The molecule has 0 aromatic heterocycles. The molecular formula is C16H22N2O2. The van der Waals surface area contributed by atoms with Crippen molar-refractivity contribution in [3.8, 4) is 5.75 Å².